The predicted octanol–water partition coefficient (Wildman–Crippen LogP) is 2.99. The van der Waals surface area contributed by atoms with Gasteiger partial charge in [-0.3, -0.25) is 0 Å². The van der Waals surface area contributed by atoms with Crippen LogP contribution in [0.3, 0.4) is 0 Å². The normalized spacial score (nSPS) is 25.5. The van der Waals surface area contributed by atoms with Crippen LogP contribution in [0.4, 0.5) is 0 Å². The molecule has 0 amide bonds. The van der Waals surface area contributed by atoms with Gasteiger partial charge in [0, 0.05) is 7.11 Å². The van der Waals surface area contributed by atoms with Crippen LogP contribution in [0.15, 0.2) is 4.52 Å². The summed E-state index contributed by atoms with van der Waals surface area (Å²) in [5.74, 6) is 1.30. The van der Waals surface area contributed by atoms with E-state index in [2.05, 4.69) is 10.1 Å². The Kier molecular flexibility index (Phi) is 3.82. The van der Waals surface area contributed by atoms with Gasteiger partial charge in [-0.1, -0.05) is 43.7 Å². The van der Waals surface area contributed by atoms with Crippen LogP contribution in [0, 0.1) is 0 Å². The molecule has 0 atom stereocenters. The standard InChI is InChI=1S/C15H25N3O2/c1-19-15(10-4-2-3-5-11-15)12-17-13(20-18-12)14(16)8-6-7-9-14/h2-11,16H2,1H3. The van der Waals surface area contributed by atoms with Gasteiger partial charge in [0.2, 0.25) is 11.7 Å². The first-order chi connectivity index (χ1) is 9.69. The minimum atomic E-state index is -0.412. The predicted molar refractivity (Wildman–Crippen MR) is 75.0 cm³/mol. The number of nitrogens with zero attached hydrogens (tertiary/aromatic N) is 2. The molecule has 2 N–H and O–H groups in total. The maximum Gasteiger partial charge on any atom is 0.246 e. The summed E-state index contributed by atoms with van der Waals surface area (Å²) in [6.45, 7) is 0. The third kappa shape index (κ3) is 2.37. The van der Waals surface area contributed by atoms with Crippen LogP contribution in [-0.2, 0) is 15.9 Å². The van der Waals surface area contributed by atoms with E-state index in [-0.39, 0.29) is 5.60 Å². The van der Waals surface area contributed by atoms with E-state index in [1.54, 1.807) is 7.11 Å². The highest BCUT2D eigenvalue weighted by Gasteiger charge is 2.41. The second-order valence-electron chi connectivity index (χ2n) is 6.40. The summed E-state index contributed by atoms with van der Waals surface area (Å²) in [7, 11) is 1.76. The highest BCUT2D eigenvalue weighted by molar-refractivity contribution is 5.09. The molecule has 2 saturated carbocycles. The molecule has 2 aliphatic carbocycles. The number of hydrogen-bond acceptors (Lipinski definition) is 5. The van der Waals surface area contributed by atoms with Gasteiger partial charge in [0.15, 0.2) is 0 Å². The van der Waals surface area contributed by atoms with E-state index in [0.29, 0.717) is 11.7 Å². The molecule has 5 nitrogen and oxygen atoms in total. The van der Waals surface area contributed by atoms with Crippen LogP contribution < -0.4 is 5.73 Å². The fourth-order valence-corrected chi connectivity index (χ4v) is 3.65. The minimum Gasteiger partial charge on any atom is -0.370 e. The lowest BCUT2D eigenvalue weighted by Crippen LogP contribution is -2.34. The summed E-state index contributed by atoms with van der Waals surface area (Å²) in [5, 5.41) is 4.22. The molecule has 3 rings (SSSR count). The Morgan fingerprint density at radius 2 is 1.60 bits per heavy atom. The zero-order chi connectivity index (χ0) is 14.1. The van der Waals surface area contributed by atoms with Gasteiger partial charge in [-0.25, -0.2) is 0 Å². The summed E-state index contributed by atoms with van der Waals surface area (Å²) >= 11 is 0. The van der Waals surface area contributed by atoms with Crippen molar-refractivity contribution in [2.45, 2.75) is 75.3 Å². The molecule has 1 heterocycles. The third-order valence-corrected chi connectivity index (χ3v) is 5.06. The summed E-state index contributed by atoms with van der Waals surface area (Å²) < 4.78 is 11.3. The second-order valence-corrected chi connectivity index (χ2v) is 6.40. The SMILES string of the molecule is COC1(c2noc(C3(N)CCCC3)n2)CCCCCC1. The van der Waals surface area contributed by atoms with Gasteiger partial charge in [0.25, 0.3) is 0 Å². The molecular weight excluding hydrogens is 254 g/mol. The Morgan fingerprint density at radius 3 is 2.20 bits per heavy atom. The molecule has 20 heavy (non-hydrogen) atoms. The van der Waals surface area contributed by atoms with Gasteiger partial charge in [-0.15, -0.1) is 0 Å². The lowest BCUT2D eigenvalue weighted by atomic mass is 9.93. The molecule has 0 aromatic carbocycles. The van der Waals surface area contributed by atoms with Crippen LogP contribution in [0.25, 0.3) is 0 Å². The van der Waals surface area contributed by atoms with Gasteiger partial charge in [-0.2, -0.15) is 4.98 Å². The first-order valence-corrected chi connectivity index (χ1v) is 7.87. The maximum atomic E-state index is 6.40. The van der Waals surface area contributed by atoms with Crippen molar-refractivity contribution in [3.63, 3.8) is 0 Å². The summed E-state index contributed by atoms with van der Waals surface area (Å²) in [6.07, 6.45) is 10.9. The summed E-state index contributed by atoms with van der Waals surface area (Å²) in [6, 6.07) is 0. The largest absolute Gasteiger partial charge is 0.370 e. The monoisotopic (exact) mass is 279 g/mol. The molecule has 1 aromatic heterocycles. The molecule has 0 bridgehead atoms. The molecule has 0 spiro atoms. The molecule has 0 saturated heterocycles. The van der Waals surface area contributed by atoms with Gasteiger partial charge in [0.1, 0.15) is 5.60 Å². The number of rotatable bonds is 3. The average Bonchev–Trinajstić information content (AvgIpc) is 3.05. The van der Waals surface area contributed by atoms with Gasteiger partial charge in [-0.05, 0) is 25.7 Å². The van der Waals surface area contributed by atoms with E-state index in [9.17, 15) is 0 Å². The fraction of sp³-hybridized carbons (Fsp3) is 0.867. The Balaban J connectivity index is 1.87. The lowest BCUT2D eigenvalue weighted by molar-refractivity contribution is -0.0365. The Hall–Kier alpha value is -0.940. The Morgan fingerprint density at radius 1 is 1.00 bits per heavy atom. The molecule has 0 aliphatic heterocycles. The van der Waals surface area contributed by atoms with E-state index in [0.717, 1.165) is 51.4 Å². The van der Waals surface area contributed by atoms with Crippen molar-refractivity contribution in [3.8, 4) is 0 Å². The van der Waals surface area contributed by atoms with Crippen LogP contribution >= 0.6 is 0 Å². The first kappa shape index (κ1) is 14.0. The average molecular weight is 279 g/mol. The molecule has 0 unspecified atom stereocenters. The molecule has 0 radical (unpaired) electrons. The van der Waals surface area contributed by atoms with Crippen LogP contribution in [-0.4, -0.2) is 17.3 Å². The van der Waals surface area contributed by atoms with Crippen molar-refractivity contribution in [3.05, 3.63) is 11.7 Å². The van der Waals surface area contributed by atoms with Crippen LogP contribution in [0.2, 0.25) is 0 Å². The van der Waals surface area contributed by atoms with Gasteiger partial charge < -0.3 is 15.0 Å². The molecular formula is C15H25N3O2. The minimum absolute atomic E-state index is 0.368. The summed E-state index contributed by atoms with van der Waals surface area (Å²) in [4.78, 5) is 4.64. The Labute approximate surface area is 120 Å². The zero-order valence-electron chi connectivity index (χ0n) is 12.4. The summed E-state index contributed by atoms with van der Waals surface area (Å²) in [5.41, 5.74) is 5.62. The van der Waals surface area contributed by atoms with E-state index in [4.69, 9.17) is 15.0 Å². The topological polar surface area (TPSA) is 74.2 Å². The smallest absolute Gasteiger partial charge is 0.246 e. The highest BCUT2D eigenvalue weighted by Crippen LogP contribution is 2.40. The van der Waals surface area contributed by atoms with E-state index in [1.807, 2.05) is 0 Å². The highest BCUT2D eigenvalue weighted by atomic mass is 16.5. The van der Waals surface area contributed by atoms with Crippen molar-refractivity contribution in [1.29, 1.82) is 0 Å². The van der Waals surface area contributed by atoms with E-state index >= 15 is 0 Å². The van der Waals surface area contributed by atoms with Gasteiger partial charge in [0.05, 0.1) is 5.54 Å². The number of nitrogens with two attached hydrogens (primary N) is 1. The van der Waals surface area contributed by atoms with Crippen LogP contribution in [0.5, 0.6) is 0 Å². The van der Waals surface area contributed by atoms with Crippen molar-refractivity contribution in [2.75, 3.05) is 7.11 Å². The molecule has 2 fully saturated rings. The molecule has 112 valence electrons. The van der Waals surface area contributed by atoms with Crippen molar-refractivity contribution < 1.29 is 9.26 Å². The number of methoxy groups -OCH3 is 1. The molecule has 2 aliphatic rings. The lowest BCUT2D eigenvalue weighted by Gasteiger charge is -2.27. The Bertz CT molecular complexity index is 444. The maximum absolute atomic E-state index is 6.40. The third-order valence-electron chi connectivity index (χ3n) is 5.06. The molecule has 1 aromatic rings. The van der Waals surface area contributed by atoms with E-state index in [1.165, 1.54) is 12.8 Å². The second kappa shape index (κ2) is 5.45. The van der Waals surface area contributed by atoms with Crippen molar-refractivity contribution >= 4 is 0 Å². The number of hydrogen-bond donors (Lipinski definition) is 1. The van der Waals surface area contributed by atoms with Crippen molar-refractivity contribution in [2.24, 2.45) is 5.73 Å². The molecule has 5 heteroatoms. The number of aromatic nitrogens is 2. The number of ether oxygens (including phenoxy) is 1. The first-order valence-electron chi connectivity index (χ1n) is 7.87. The van der Waals surface area contributed by atoms with E-state index < -0.39 is 5.54 Å². The fourth-order valence-electron chi connectivity index (χ4n) is 3.65. The van der Waals surface area contributed by atoms with Gasteiger partial charge >= 0.3 is 0 Å². The quantitative estimate of drug-likeness (QED) is 0.861. The zero-order valence-corrected chi connectivity index (χ0v) is 12.4. The van der Waals surface area contributed by atoms with Crippen LogP contribution in [0.1, 0.15) is 75.9 Å². The van der Waals surface area contributed by atoms with Crippen molar-refractivity contribution in [1.82, 2.24) is 10.1 Å².